The first-order valence-electron chi connectivity index (χ1n) is 9.00. The van der Waals surface area contributed by atoms with Gasteiger partial charge >= 0.3 is 5.97 Å². The molecule has 3 heteroatoms. The number of cyclic esters (lactones) is 1. The number of hydrogen-bond acceptors (Lipinski definition) is 3. The number of allylic oxidation sites excluding steroid dienone is 2. The van der Waals surface area contributed by atoms with Crippen LogP contribution in [0, 0.1) is 22.7 Å². The molecule has 1 aliphatic heterocycles. The number of ether oxygens (including phenoxy) is 1. The number of aliphatic hydroxyl groups excluding tert-OH is 1. The topological polar surface area (TPSA) is 46.5 Å². The quantitative estimate of drug-likeness (QED) is 0.631. The Bertz CT molecular complexity index is 561. The molecule has 0 aromatic carbocycles. The molecule has 0 aromatic rings. The fraction of sp³-hybridized carbons (Fsp3) is 0.750. The second-order valence-corrected chi connectivity index (χ2v) is 8.43. The van der Waals surface area contributed by atoms with Crippen molar-refractivity contribution in [2.75, 3.05) is 6.61 Å². The maximum absolute atomic E-state index is 11.3. The van der Waals surface area contributed by atoms with Crippen LogP contribution in [0.5, 0.6) is 0 Å². The Kier molecular flexibility index (Phi) is 4.20. The van der Waals surface area contributed by atoms with E-state index in [1.54, 1.807) is 0 Å². The summed E-state index contributed by atoms with van der Waals surface area (Å²) in [5, 5.41) is 10.7. The van der Waals surface area contributed by atoms with Crippen LogP contribution in [-0.4, -0.2) is 23.8 Å². The maximum Gasteiger partial charge on any atom is 0.331 e. The first kappa shape index (κ1) is 16.8. The molecular weight excluding hydrogens is 288 g/mol. The molecule has 1 N–H and O–H groups in total. The zero-order chi connectivity index (χ0) is 16.8. The van der Waals surface area contributed by atoms with Crippen LogP contribution < -0.4 is 0 Å². The second kappa shape index (κ2) is 5.77. The van der Waals surface area contributed by atoms with E-state index < -0.39 is 6.10 Å². The fourth-order valence-corrected chi connectivity index (χ4v) is 5.38. The zero-order valence-corrected chi connectivity index (χ0v) is 14.9. The van der Waals surface area contributed by atoms with E-state index in [-0.39, 0.29) is 23.4 Å². The summed E-state index contributed by atoms with van der Waals surface area (Å²) in [5.74, 6) is 0.860. The summed E-state index contributed by atoms with van der Waals surface area (Å²) in [5.41, 5.74) is 2.63. The average Bonchev–Trinajstić information content (AvgIpc) is 2.93. The molecule has 1 heterocycles. The molecule has 1 fully saturated rings. The van der Waals surface area contributed by atoms with Gasteiger partial charge in [0.25, 0.3) is 0 Å². The maximum atomic E-state index is 11.3. The third kappa shape index (κ3) is 2.67. The van der Waals surface area contributed by atoms with Crippen LogP contribution in [0.1, 0.15) is 59.8 Å². The summed E-state index contributed by atoms with van der Waals surface area (Å²) in [6, 6.07) is 0. The molecule has 23 heavy (non-hydrogen) atoms. The van der Waals surface area contributed by atoms with Gasteiger partial charge in [0, 0.05) is 11.6 Å². The van der Waals surface area contributed by atoms with E-state index in [0.29, 0.717) is 11.8 Å². The summed E-state index contributed by atoms with van der Waals surface area (Å²) < 4.78 is 4.98. The van der Waals surface area contributed by atoms with Crippen LogP contribution in [0.4, 0.5) is 0 Å². The number of fused-ring (bicyclic) bond motifs is 1. The van der Waals surface area contributed by atoms with Crippen molar-refractivity contribution in [2.45, 2.75) is 65.9 Å². The van der Waals surface area contributed by atoms with Crippen molar-refractivity contribution in [3.05, 3.63) is 23.3 Å². The molecule has 3 nitrogen and oxygen atoms in total. The van der Waals surface area contributed by atoms with E-state index in [0.717, 1.165) is 18.4 Å². The molecule has 0 amide bonds. The molecule has 0 bridgehead atoms. The van der Waals surface area contributed by atoms with E-state index in [9.17, 15) is 9.90 Å². The number of aliphatic hydroxyl groups is 1. The lowest BCUT2D eigenvalue weighted by Gasteiger charge is -2.58. The average molecular weight is 318 g/mol. The first-order valence-corrected chi connectivity index (χ1v) is 9.00. The predicted molar refractivity (Wildman–Crippen MR) is 90.8 cm³/mol. The minimum absolute atomic E-state index is 0.0917. The third-order valence-electron chi connectivity index (χ3n) is 7.34. The molecule has 3 aliphatic rings. The second-order valence-electron chi connectivity index (χ2n) is 8.43. The number of rotatable bonds is 3. The Balaban J connectivity index is 1.87. The minimum Gasteiger partial charge on any atom is -0.458 e. The van der Waals surface area contributed by atoms with Crippen LogP contribution in [0.2, 0.25) is 0 Å². The van der Waals surface area contributed by atoms with Crippen molar-refractivity contribution < 1.29 is 14.6 Å². The fourth-order valence-electron chi connectivity index (χ4n) is 5.38. The number of carbonyl (C=O) groups is 1. The number of hydrogen-bond donors (Lipinski definition) is 1. The zero-order valence-electron chi connectivity index (χ0n) is 14.9. The molecule has 1 saturated carbocycles. The van der Waals surface area contributed by atoms with E-state index in [4.69, 9.17) is 4.74 Å². The van der Waals surface area contributed by atoms with E-state index in [1.165, 1.54) is 30.9 Å². The van der Waals surface area contributed by atoms with Gasteiger partial charge in [0.1, 0.15) is 6.61 Å². The number of carbonyl (C=O) groups excluding carboxylic acids is 1. The highest BCUT2D eigenvalue weighted by molar-refractivity contribution is 5.85. The van der Waals surface area contributed by atoms with Gasteiger partial charge in [-0.3, -0.25) is 0 Å². The SMILES string of the molecule is CC1=CCC[C@@H]2[C@@](C)(C[C@H](O)C3=CC(=O)OC3)[C@H](C)CC[C@@]12C. The molecular formula is C20H30O3. The van der Waals surface area contributed by atoms with Gasteiger partial charge in [0.05, 0.1) is 6.10 Å². The van der Waals surface area contributed by atoms with Crippen molar-refractivity contribution in [3.63, 3.8) is 0 Å². The lowest BCUT2D eigenvalue weighted by atomic mass is 9.47. The van der Waals surface area contributed by atoms with Crippen LogP contribution in [0.15, 0.2) is 23.3 Å². The molecule has 0 radical (unpaired) electrons. The first-order chi connectivity index (χ1) is 10.8. The highest BCUT2D eigenvalue weighted by Crippen LogP contribution is 2.61. The summed E-state index contributed by atoms with van der Waals surface area (Å²) in [7, 11) is 0. The van der Waals surface area contributed by atoms with Crippen molar-refractivity contribution in [1.29, 1.82) is 0 Å². The number of esters is 1. The smallest absolute Gasteiger partial charge is 0.331 e. The van der Waals surface area contributed by atoms with Crippen molar-refractivity contribution >= 4 is 5.97 Å². The Morgan fingerprint density at radius 1 is 1.39 bits per heavy atom. The van der Waals surface area contributed by atoms with Gasteiger partial charge in [-0.05, 0) is 61.7 Å². The highest BCUT2D eigenvalue weighted by Gasteiger charge is 2.53. The Hall–Kier alpha value is -1.09. The van der Waals surface area contributed by atoms with Gasteiger partial charge in [0.15, 0.2) is 0 Å². The molecule has 0 unspecified atom stereocenters. The normalized spacial score (nSPS) is 41.7. The Labute approximate surface area is 139 Å². The lowest BCUT2D eigenvalue weighted by molar-refractivity contribution is -0.135. The largest absolute Gasteiger partial charge is 0.458 e. The molecule has 0 saturated heterocycles. The van der Waals surface area contributed by atoms with Crippen LogP contribution in [0.3, 0.4) is 0 Å². The van der Waals surface area contributed by atoms with E-state index >= 15 is 0 Å². The van der Waals surface area contributed by atoms with Crippen molar-refractivity contribution in [3.8, 4) is 0 Å². The minimum atomic E-state index is -0.567. The lowest BCUT2D eigenvalue weighted by Crippen LogP contribution is -2.51. The molecule has 128 valence electrons. The molecule has 2 aliphatic carbocycles. The van der Waals surface area contributed by atoms with Crippen molar-refractivity contribution in [1.82, 2.24) is 0 Å². The molecule has 3 rings (SSSR count). The highest BCUT2D eigenvalue weighted by atomic mass is 16.5. The summed E-state index contributed by atoms with van der Waals surface area (Å²) in [4.78, 5) is 11.3. The van der Waals surface area contributed by atoms with E-state index in [2.05, 4.69) is 33.8 Å². The van der Waals surface area contributed by atoms with Crippen molar-refractivity contribution in [2.24, 2.45) is 22.7 Å². The standard InChI is InChI=1S/C20H30O3/c1-13-6-5-7-17-19(13,3)9-8-14(2)20(17,4)11-16(21)15-10-18(22)23-12-15/h6,10,14,16-17,21H,5,7-9,11-12H2,1-4H3/t14-,16+,17+,19+,20+/m1/s1. The van der Waals surface area contributed by atoms with Gasteiger partial charge in [-0.25, -0.2) is 4.79 Å². The van der Waals surface area contributed by atoms with Gasteiger partial charge in [0.2, 0.25) is 0 Å². The van der Waals surface area contributed by atoms with Gasteiger partial charge < -0.3 is 9.84 Å². The van der Waals surface area contributed by atoms with Crippen LogP contribution in [-0.2, 0) is 9.53 Å². The van der Waals surface area contributed by atoms with Crippen LogP contribution >= 0.6 is 0 Å². The van der Waals surface area contributed by atoms with Gasteiger partial charge in [-0.15, -0.1) is 0 Å². The third-order valence-corrected chi connectivity index (χ3v) is 7.34. The van der Waals surface area contributed by atoms with Crippen LogP contribution in [0.25, 0.3) is 0 Å². The summed E-state index contributed by atoms with van der Waals surface area (Å²) >= 11 is 0. The van der Waals surface area contributed by atoms with Gasteiger partial charge in [-0.1, -0.05) is 32.4 Å². The molecule has 5 atom stereocenters. The summed E-state index contributed by atoms with van der Waals surface area (Å²) in [6.07, 6.45) is 8.85. The Morgan fingerprint density at radius 3 is 2.78 bits per heavy atom. The monoisotopic (exact) mass is 318 g/mol. The molecule has 0 spiro atoms. The predicted octanol–water partition coefficient (Wildman–Crippen LogP) is 4.02. The Morgan fingerprint density at radius 2 is 2.13 bits per heavy atom. The van der Waals surface area contributed by atoms with E-state index in [1.807, 2.05) is 0 Å². The summed E-state index contributed by atoms with van der Waals surface area (Å²) in [6.45, 7) is 9.65. The van der Waals surface area contributed by atoms with Gasteiger partial charge in [-0.2, -0.15) is 0 Å². The molecule has 0 aromatic heterocycles.